The predicted octanol–water partition coefficient (Wildman–Crippen LogP) is 3.27. The van der Waals surface area contributed by atoms with E-state index in [4.69, 9.17) is 0 Å². The topological polar surface area (TPSA) is 34.9 Å². The number of nitrogens with zero attached hydrogens (tertiary/aromatic N) is 2. The highest BCUT2D eigenvalue weighted by Crippen LogP contribution is 2.16. The first kappa shape index (κ1) is 15.6. The molecule has 2 rings (SSSR count). The summed E-state index contributed by atoms with van der Waals surface area (Å²) in [5, 5.41) is 0.741. The molecule has 0 saturated carbocycles. The molecule has 0 spiro atoms. The number of thioether (sulfide) groups is 1. The van der Waals surface area contributed by atoms with E-state index in [0.717, 1.165) is 27.7 Å². The molecule has 0 unspecified atom stereocenters. The lowest BCUT2D eigenvalue weighted by Crippen LogP contribution is -2.25. The summed E-state index contributed by atoms with van der Waals surface area (Å²) in [5.41, 5.74) is 3.96. The van der Waals surface area contributed by atoms with Gasteiger partial charge in [-0.05, 0) is 19.4 Å². The van der Waals surface area contributed by atoms with Crippen molar-refractivity contribution in [1.82, 2.24) is 9.55 Å². The number of hydrogen-bond donors (Lipinski definition) is 0. The van der Waals surface area contributed by atoms with Gasteiger partial charge in [-0.15, -0.1) is 6.58 Å². The first-order valence-electron chi connectivity index (χ1n) is 6.88. The fourth-order valence-electron chi connectivity index (χ4n) is 2.22. The number of rotatable bonds is 5. The van der Waals surface area contributed by atoms with Crippen LogP contribution in [-0.2, 0) is 13.5 Å². The summed E-state index contributed by atoms with van der Waals surface area (Å²) in [5.74, 6) is 0.747. The van der Waals surface area contributed by atoms with Gasteiger partial charge in [-0.2, -0.15) is 0 Å². The maximum absolute atomic E-state index is 12.5. The SMILES string of the molecule is C=CCSc1nc(C)c(Cc2cccc(C)c2)c(=O)n1C. The van der Waals surface area contributed by atoms with Crippen LogP contribution >= 0.6 is 11.8 Å². The molecule has 0 aliphatic carbocycles. The maximum atomic E-state index is 12.5. The van der Waals surface area contributed by atoms with Crippen molar-refractivity contribution in [3.63, 3.8) is 0 Å². The van der Waals surface area contributed by atoms with Crippen LogP contribution in [0.25, 0.3) is 0 Å². The van der Waals surface area contributed by atoms with Crippen LogP contribution in [0.15, 0.2) is 46.9 Å². The Morgan fingerprint density at radius 3 is 2.81 bits per heavy atom. The Labute approximate surface area is 129 Å². The van der Waals surface area contributed by atoms with Crippen molar-refractivity contribution in [2.75, 3.05) is 5.75 Å². The fraction of sp³-hybridized carbons (Fsp3) is 0.294. The third-order valence-electron chi connectivity index (χ3n) is 3.34. The molecule has 0 aliphatic rings. The van der Waals surface area contributed by atoms with Gasteiger partial charge in [0, 0.05) is 30.5 Å². The highest BCUT2D eigenvalue weighted by Gasteiger charge is 2.12. The molecular weight excluding hydrogens is 280 g/mol. The number of hydrogen-bond acceptors (Lipinski definition) is 3. The van der Waals surface area contributed by atoms with Crippen LogP contribution in [0.4, 0.5) is 0 Å². The van der Waals surface area contributed by atoms with E-state index in [0.29, 0.717) is 6.42 Å². The largest absolute Gasteiger partial charge is 0.291 e. The zero-order chi connectivity index (χ0) is 15.4. The summed E-state index contributed by atoms with van der Waals surface area (Å²) < 4.78 is 1.63. The van der Waals surface area contributed by atoms with Gasteiger partial charge in [0.25, 0.3) is 5.56 Å². The molecule has 0 aliphatic heterocycles. The van der Waals surface area contributed by atoms with Crippen LogP contribution in [0.5, 0.6) is 0 Å². The molecule has 1 aromatic carbocycles. The van der Waals surface area contributed by atoms with Gasteiger partial charge in [-0.3, -0.25) is 9.36 Å². The molecule has 0 N–H and O–H groups in total. The average molecular weight is 300 g/mol. The molecular formula is C17H20N2OS. The minimum atomic E-state index is 0.0376. The molecule has 2 aromatic rings. The van der Waals surface area contributed by atoms with Gasteiger partial charge < -0.3 is 0 Å². The van der Waals surface area contributed by atoms with Gasteiger partial charge in [-0.1, -0.05) is 47.7 Å². The Kier molecular flexibility index (Phi) is 5.02. The van der Waals surface area contributed by atoms with E-state index in [1.54, 1.807) is 11.6 Å². The first-order valence-corrected chi connectivity index (χ1v) is 7.87. The molecule has 3 nitrogen and oxygen atoms in total. The van der Waals surface area contributed by atoms with Crippen molar-refractivity contribution in [1.29, 1.82) is 0 Å². The van der Waals surface area contributed by atoms with E-state index < -0.39 is 0 Å². The van der Waals surface area contributed by atoms with Gasteiger partial charge >= 0.3 is 0 Å². The summed E-state index contributed by atoms with van der Waals surface area (Å²) in [6, 6.07) is 8.24. The molecule has 110 valence electrons. The van der Waals surface area contributed by atoms with E-state index in [2.05, 4.69) is 30.6 Å². The number of benzene rings is 1. The summed E-state index contributed by atoms with van der Waals surface area (Å²) in [6.45, 7) is 7.66. The lowest BCUT2D eigenvalue weighted by Gasteiger charge is -2.11. The molecule has 21 heavy (non-hydrogen) atoms. The second-order valence-corrected chi connectivity index (χ2v) is 6.08. The van der Waals surface area contributed by atoms with E-state index in [-0.39, 0.29) is 5.56 Å². The summed E-state index contributed by atoms with van der Waals surface area (Å²) in [6.07, 6.45) is 2.44. The molecule has 0 saturated heterocycles. The Balaban J connectivity index is 2.39. The van der Waals surface area contributed by atoms with Crippen molar-refractivity contribution in [2.24, 2.45) is 7.05 Å². The van der Waals surface area contributed by atoms with E-state index in [1.807, 2.05) is 25.1 Å². The Morgan fingerprint density at radius 1 is 1.38 bits per heavy atom. The van der Waals surface area contributed by atoms with Crippen molar-refractivity contribution < 1.29 is 0 Å². The zero-order valence-electron chi connectivity index (χ0n) is 12.7. The first-order chi connectivity index (χ1) is 10.0. The molecule has 0 radical (unpaired) electrons. The monoisotopic (exact) mass is 300 g/mol. The highest BCUT2D eigenvalue weighted by molar-refractivity contribution is 7.99. The van der Waals surface area contributed by atoms with Gasteiger partial charge in [0.2, 0.25) is 0 Å². The third-order valence-corrected chi connectivity index (χ3v) is 4.37. The van der Waals surface area contributed by atoms with Crippen LogP contribution < -0.4 is 5.56 Å². The minimum absolute atomic E-state index is 0.0376. The predicted molar refractivity (Wildman–Crippen MR) is 89.1 cm³/mol. The van der Waals surface area contributed by atoms with E-state index >= 15 is 0 Å². The smallest absolute Gasteiger partial charge is 0.257 e. The Hall–Kier alpha value is -1.81. The third kappa shape index (κ3) is 3.64. The average Bonchev–Trinajstić information content (AvgIpc) is 2.46. The van der Waals surface area contributed by atoms with Crippen molar-refractivity contribution in [2.45, 2.75) is 25.4 Å². The van der Waals surface area contributed by atoms with E-state index in [9.17, 15) is 4.79 Å². The summed E-state index contributed by atoms with van der Waals surface area (Å²) in [4.78, 5) is 17.1. The summed E-state index contributed by atoms with van der Waals surface area (Å²) in [7, 11) is 1.78. The van der Waals surface area contributed by atoms with Gasteiger partial charge in [0.1, 0.15) is 0 Å². The minimum Gasteiger partial charge on any atom is -0.291 e. The Bertz CT molecular complexity index is 719. The van der Waals surface area contributed by atoms with Crippen molar-refractivity contribution in [3.8, 4) is 0 Å². The van der Waals surface area contributed by atoms with Crippen LogP contribution in [0.3, 0.4) is 0 Å². The number of aromatic nitrogens is 2. The highest BCUT2D eigenvalue weighted by atomic mass is 32.2. The molecule has 0 fully saturated rings. The summed E-state index contributed by atoms with van der Waals surface area (Å²) >= 11 is 1.53. The molecule has 4 heteroatoms. The molecule has 1 heterocycles. The normalized spacial score (nSPS) is 10.6. The second kappa shape index (κ2) is 6.76. The number of aryl methyl sites for hydroxylation is 2. The molecule has 0 bridgehead atoms. The fourth-order valence-corrected chi connectivity index (χ4v) is 2.97. The molecule has 1 aromatic heterocycles. The van der Waals surface area contributed by atoms with E-state index in [1.165, 1.54) is 17.3 Å². The van der Waals surface area contributed by atoms with Crippen LogP contribution in [0.1, 0.15) is 22.4 Å². The lowest BCUT2D eigenvalue weighted by atomic mass is 10.0. The maximum Gasteiger partial charge on any atom is 0.257 e. The van der Waals surface area contributed by atoms with Gasteiger partial charge in [0.15, 0.2) is 5.16 Å². The molecule has 0 amide bonds. The Morgan fingerprint density at radius 2 is 2.14 bits per heavy atom. The van der Waals surface area contributed by atoms with Gasteiger partial charge in [-0.25, -0.2) is 4.98 Å². The van der Waals surface area contributed by atoms with Crippen molar-refractivity contribution in [3.05, 3.63) is 69.7 Å². The second-order valence-electron chi connectivity index (χ2n) is 5.09. The van der Waals surface area contributed by atoms with Crippen LogP contribution in [0, 0.1) is 13.8 Å². The molecule has 0 atom stereocenters. The zero-order valence-corrected chi connectivity index (χ0v) is 13.5. The van der Waals surface area contributed by atoms with Crippen LogP contribution in [-0.4, -0.2) is 15.3 Å². The van der Waals surface area contributed by atoms with Gasteiger partial charge in [0.05, 0.1) is 0 Å². The van der Waals surface area contributed by atoms with Crippen LogP contribution in [0.2, 0.25) is 0 Å². The standard InChI is InChI=1S/C17H20N2OS/c1-5-9-21-17-18-13(3)15(16(20)19(17)4)11-14-8-6-7-12(2)10-14/h5-8,10H,1,9,11H2,2-4H3. The lowest BCUT2D eigenvalue weighted by molar-refractivity contribution is 0.684. The quantitative estimate of drug-likeness (QED) is 0.483. The van der Waals surface area contributed by atoms with Crippen molar-refractivity contribution >= 4 is 11.8 Å².